The number of rotatable bonds is 2. The molecule has 0 amide bonds. The summed E-state index contributed by atoms with van der Waals surface area (Å²) in [5.41, 5.74) is 5.41. The Kier molecular flexibility index (Phi) is 3.01. The molecule has 4 heteroatoms. The van der Waals surface area contributed by atoms with E-state index in [1.54, 1.807) is 10.6 Å². The Balaban J connectivity index is 2.39. The maximum Gasteiger partial charge on any atom is 0.355 e. The number of aromatic carboxylic acids is 1. The van der Waals surface area contributed by atoms with E-state index in [1.807, 2.05) is 51.1 Å². The summed E-state index contributed by atoms with van der Waals surface area (Å²) in [7, 11) is 0. The SMILES string of the molecule is Cc1ccc(-c2nc3c(C)cccn3c2C(=O)O)c(C)c1. The molecule has 0 fully saturated rings. The van der Waals surface area contributed by atoms with Crippen molar-refractivity contribution >= 4 is 11.6 Å². The number of carboxylic acids is 1. The van der Waals surface area contributed by atoms with Gasteiger partial charge in [-0.1, -0.05) is 29.8 Å². The number of imidazole rings is 1. The third-order valence-corrected chi connectivity index (χ3v) is 3.68. The average molecular weight is 280 g/mol. The van der Waals surface area contributed by atoms with Crippen LogP contribution in [0.25, 0.3) is 16.9 Å². The van der Waals surface area contributed by atoms with Crippen LogP contribution in [0.2, 0.25) is 0 Å². The van der Waals surface area contributed by atoms with Gasteiger partial charge in [-0.25, -0.2) is 9.78 Å². The molecule has 0 saturated heterocycles. The summed E-state index contributed by atoms with van der Waals surface area (Å²) in [5.74, 6) is -0.969. The van der Waals surface area contributed by atoms with Crippen LogP contribution in [0.3, 0.4) is 0 Å². The molecule has 106 valence electrons. The zero-order chi connectivity index (χ0) is 15.1. The molecule has 0 unspecified atom stereocenters. The largest absolute Gasteiger partial charge is 0.476 e. The maximum absolute atomic E-state index is 11.7. The van der Waals surface area contributed by atoms with Crippen LogP contribution in [0.4, 0.5) is 0 Å². The van der Waals surface area contributed by atoms with Gasteiger partial charge in [0.15, 0.2) is 5.69 Å². The number of aromatic nitrogens is 2. The summed E-state index contributed by atoms with van der Waals surface area (Å²) in [6.45, 7) is 5.92. The third kappa shape index (κ3) is 2.09. The van der Waals surface area contributed by atoms with E-state index >= 15 is 0 Å². The van der Waals surface area contributed by atoms with Crippen LogP contribution in [0.5, 0.6) is 0 Å². The highest BCUT2D eigenvalue weighted by atomic mass is 16.4. The van der Waals surface area contributed by atoms with Gasteiger partial charge in [-0.15, -0.1) is 0 Å². The van der Waals surface area contributed by atoms with Crippen molar-refractivity contribution < 1.29 is 9.90 Å². The number of fused-ring (bicyclic) bond motifs is 1. The quantitative estimate of drug-likeness (QED) is 0.780. The molecule has 0 aliphatic heterocycles. The van der Waals surface area contributed by atoms with E-state index in [2.05, 4.69) is 4.98 Å². The fourth-order valence-corrected chi connectivity index (χ4v) is 2.68. The van der Waals surface area contributed by atoms with Crippen molar-refractivity contribution in [3.63, 3.8) is 0 Å². The predicted octanol–water partition coefficient (Wildman–Crippen LogP) is 3.62. The molecule has 0 atom stereocenters. The van der Waals surface area contributed by atoms with Gasteiger partial charge < -0.3 is 5.11 Å². The van der Waals surface area contributed by atoms with E-state index in [0.717, 1.165) is 22.3 Å². The first-order valence-electron chi connectivity index (χ1n) is 6.77. The zero-order valence-electron chi connectivity index (χ0n) is 12.2. The Labute approximate surface area is 122 Å². The fourth-order valence-electron chi connectivity index (χ4n) is 2.68. The lowest BCUT2D eigenvalue weighted by molar-refractivity contribution is 0.0690. The van der Waals surface area contributed by atoms with Crippen molar-refractivity contribution in [2.24, 2.45) is 0 Å². The number of hydrogen-bond donors (Lipinski definition) is 1. The Morgan fingerprint density at radius 1 is 1.14 bits per heavy atom. The fraction of sp³-hybridized carbons (Fsp3) is 0.176. The van der Waals surface area contributed by atoms with Gasteiger partial charge in [-0.05, 0) is 38.0 Å². The van der Waals surface area contributed by atoms with E-state index < -0.39 is 5.97 Å². The van der Waals surface area contributed by atoms with Crippen molar-refractivity contribution in [3.8, 4) is 11.3 Å². The van der Waals surface area contributed by atoms with Gasteiger partial charge in [0.2, 0.25) is 0 Å². The van der Waals surface area contributed by atoms with Crippen LogP contribution >= 0.6 is 0 Å². The van der Waals surface area contributed by atoms with Gasteiger partial charge in [0.05, 0.1) is 0 Å². The standard InChI is InChI=1S/C17H16N2O2/c1-10-6-7-13(12(3)9-10)14-15(17(20)21)19-8-4-5-11(2)16(19)18-14/h4-9H,1-3H3,(H,20,21). The van der Waals surface area contributed by atoms with Crippen LogP contribution in [0.1, 0.15) is 27.2 Å². The lowest BCUT2D eigenvalue weighted by Gasteiger charge is -2.05. The molecular formula is C17H16N2O2. The van der Waals surface area contributed by atoms with E-state index in [0.29, 0.717) is 11.3 Å². The second-order valence-electron chi connectivity index (χ2n) is 5.32. The van der Waals surface area contributed by atoms with Gasteiger partial charge in [-0.3, -0.25) is 4.40 Å². The minimum Gasteiger partial charge on any atom is -0.476 e. The highest BCUT2D eigenvalue weighted by molar-refractivity contribution is 5.95. The molecule has 0 saturated carbocycles. The first-order valence-corrected chi connectivity index (χ1v) is 6.77. The second-order valence-corrected chi connectivity index (χ2v) is 5.32. The van der Waals surface area contributed by atoms with Crippen molar-refractivity contribution in [3.05, 3.63) is 58.9 Å². The topological polar surface area (TPSA) is 54.6 Å². The minimum absolute atomic E-state index is 0.209. The van der Waals surface area contributed by atoms with Crippen LogP contribution < -0.4 is 0 Å². The number of pyridine rings is 1. The van der Waals surface area contributed by atoms with Crippen LogP contribution in [-0.4, -0.2) is 20.5 Å². The predicted molar refractivity (Wildman–Crippen MR) is 81.8 cm³/mol. The van der Waals surface area contributed by atoms with E-state index in [1.165, 1.54) is 0 Å². The Hall–Kier alpha value is -2.62. The number of nitrogens with zero attached hydrogens (tertiary/aromatic N) is 2. The molecule has 3 aromatic rings. The minimum atomic E-state index is -0.969. The summed E-state index contributed by atoms with van der Waals surface area (Å²) >= 11 is 0. The molecule has 3 rings (SSSR count). The first-order chi connectivity index (χ1) is 9.99. The van der Waals surface area contributed by atoms with E-state index in [-0.39, 0.29) is 5.69 Å². The van der Waals surface area contributed by atoms with E-state index in [9.17, 15) is 9.90 Å². The van der Waals surface area contributed by atoms with Gasteiger partial charge >= 0.3 is 5.97 Å². The molecule has 2 heterocycles. The number of carbonyl (C=O) groups is 1. The lowest BCUT2D eigenvalue weighted by atomic mass is 10.0. The smallest absolute Gasteiger partial charge is 0.355 e. The molecule has 0 radical (unpaired) electrons. The van der Waals surface area contributed by atoms with E-state index in [4.69, 9.17) is 0 Å². The average Bonchev–Trinajstić information content (AvgIpc) is 2.79. The zero-order valence-corrected chi connectivity index (χ0v) is 12.2. The van der Waals surface area contributed by atoms with Gasteiger partial charge in [0, 0.05) is 11.8 Å². The van der Waals surface area contributed by atoms with Crippen LogP contribution in [0.15, 0.2) is 36.5 Å². The number of benzene rings is 1. The molecule has 0 aliphatic carbocycles. The van der Waals surface area contributed by atoms with Crippen molar-refractivity contribution in [2.45, 2.75) is 20.8 Å². The van der Waals surface area contributed by atoms with Gasteiger partial charge in [0.25, 0.3) is 0 Å². The molecule has 1 N–H and O–H groups in total. The van der Waals surface area contributed by atoms with Crippen LogP contribution in [0, 0.1) is 20.8 Å². The second kappa shape index (κ2) is 4.74. The number of aryl methyl sites for hydroxylation is 3. The normalized spacial score (nSPS) is 11.0. The lowest BCUT2D eigenvalue weighted by Crippen LogP contribution is -2.04. The molecule has 2 aromatic heterocycles. The molecule has 1 aromatic carbocycles. The van der Waals surface area contributed by atoms with Crippen molar-refractivity contribution in [2.75, 3.05) is 0 Å². The summed E-state index contributed by atoms with van der Waals surface area (Å²) in [6, 6.07) is 9.72. The summed E-state index contributed by atoms with van der Waals surface area (Å²) in [6.07, 6.45) is 1.74. The molecular weight excluding hydrogens is 264 g/mol. The highest BCUT2D eigenvalue weighted by Gasteiger charge is 2.21. The number of hydrogen-bond acceptors (Lipinski definition) is 2. The summed E-state index contributed by atoms with van der Waals surface area (Å²) in [5, 5.41) is 9.59. The van der Waals surface area contributed by atoms with Crippen LogP contribution in [-0.2, 0) is 0 Å². The first kappa shape index (κ1) is 13.4. The summed E-state index contributed by atoms with van der Waals surface area (Å²) < 4.78 is 1.65. The Morgan fingerprint density at radius 3 is 2.57 bits per heavy atom. The molecule has 0 spiro atoms. The summed E-state index contributed by atoms with van der Waals surface area (Å²) in [4.78, 5) is 16.3. The Morgan fingerprint density at radius 2 is 1.90 bits per heavy atom. The van der Waals surface area contributed by atoms with Crippen molar-refractivity contribution in [1.82, 2.24) is 9.38 Å². The third-order valence-electron chi connectivity index (χ3n) is 3.68. The molecule has 0 aliphatic rings. The highest BCUT2D eigenvalue weighted by Crippen LogP contribution is 2.28. The number of carboxylic acid groups (broad SMARTS) is 1. The molecule has 0 bridgehead atoms. The Bertz CT molecular complexity index is 863. The van der Waals surface area contributed by atoms with Crippen molar-refractivity contribution in [1.29, 1.82) is 0 Å². The van der Waals surface area contributed by atoms with Gasteiger partial charge in [-0.2, -0.15) is 0 Å². The molecule has 21 heavy (non-hydrogen) atoms. The maximum atomic E-state index is 11.7. The molecule has 4 nitrogen and oxygen atoms in total. The van der Waals surface area contributed by atoms with Gasteiger partial charge in [0.1, 0.15) is 11.3 Å². The monoisotopic (exact) mass is 280 g/mol.